The van der Waals surface area contributed by atoms with Crippen molar-refractivity contribution in [1.29, 1.82) is 0 Å². The van der Waals surface area contributed by atoms with E-state index < -0.39 is 15.9 Å². The molecule has 7 nitrogen and oxygen atoms in total. The van der Waals surface area contributed by atoms with Crippen LogP contribution in [0.5, 0.6) is 0 Å². The van der Waals surface area contributed by atoms with Crippen LogP contribution in [0.1, 0.15) is 35.4 Å². The number of sulfonamides is 1. The topological polar surface area (TPSA) is 92.5 Å². The number of carbonyl (C=O) groups excluding carboxylic acids is 1. The Labute approximate surface area is 185 Å². The van der Waals surface area contributed by atoms with E-state index in [0.29, 0.717) is 24.5 Å². The van der Waals surface area contributed by atoms with E-state index in [-0.39, 0.29) is 10.9 Å². The van der Waals surface area contributed by atoms with Gasteiger partial charge in [-0.25, -0.2) is 13.4 Å². The van der Waals surface area contributed by atoms with E-state index in [9.17, 15) is 13.2 Å². The number of rotatable bonds is 7. The second-order valence-corrected chi connectivity index (χ2v) is 10.1. The fraction of sp³-hybridized carbons (Fsp3) is 0.273. The van der Waals surface area contributed by atoms with Gasteiger partial charge in [-0.3, -0.25) is 4.79 Å². The highest BCUT2D eigenvalue weighted by Crippen LogP contribution is 2.24. The van der Waals surface area contributed by atoms with Gasteiger partial charge in [0.2, 0.25) is 5.09 Å². The van der Waals surface area contributed by atoms with E-state index in [0.717, 1.165) is 29.9 Å². The summed E-state index contributed by atoms with van der Waals surface area (Å²) in [5, 5.41) is 3.51. The van der Waals surface area contributed by atoms with Crippen molar-refractivity contribution < 1.29 is 17.6 Å². The smallest absolute Gasteiger partial charge is 0.291 e. The quantitative estimate of drug-likeness (QED) is 0.529. The monoisotopic (exact) mass is 457 g/mol. The van der Waals surface area contributed by atoms with Crippen molar-refractivity contribution in [2.24, 2.45) is 0 Å². The molecular weight excluding hydrogens is 434 g/mol. The molecule has 0 unspecified atom stereocenters. The molecule has 0 aliphatic carbocycles. The van der Waals surface area contributed by atoms with E-state index >= 15 is 0 Å². The molecule has 1 aliphatic heterocycles. The minimum absolute atomic E-state index is 0.0381. The predicted molar refractivity (Wildman–Crippen MR) is 120 cm³/mol. The molecule has 0 radical (unpaired) electrons. The zero-order valence-corrected chi connectivity index (χ0v) is 18.5. The summed E-state index contributed by atoms with van der Waals surface area (Å²) in [6, 6.07) is 16.0. The summed E-state index contributed by atoms with van der Waals surface area (Å²) in [6.45, 7) is 0.960. The van der Waals surface area contributed by atoms with Gasteiger partial charge in [0.05, 0.1) is 5.03 Å². The Morgan fingerprint density at radius 1 is 1.06 bits per heavy atom. The molecule has 9 heteroatoms. The van der Waals surface area contributed by atoms with Crippen LogP contribution in [0.2, 0.25) is 0 Å². The number of hydrogen-bond donors (Lipinski definition) is 1. The Kier molecular flexibility index (Phi) is 6.74. The number of nitrogens with zero attached hydrogens (tertiary/aromatic N) is 2. The highest BCUT2D eigenvalue weighted by atomic mass is 32.2. The summed E-state index contributed by atoms with van der Waals surface area (Å²) in [6.07, 6.45) is 4.45. The zero-order chi connectivity index (χ0) is 21.7. The fourth-order valence-corrected chi connectivity index (χ4v) is 5.57. The van der Waals surface area contributed by atoms with Crippen molar-refractivity contribution >= 4 is 33.4 Å². The first-order valence-corrected chi connectivity index (χ1v) is 12.5. The van der Waals surface area contributed by atoms with Crippen LogP contribution >= 0.6 is 11.8 Å². The number of thioether (sulfide) groups is 1. The maximum Gasteiger partial charge on any atom is 0.291 e. The minimum atomic E-state index is -3.71. The molecule has 1 aliphatic rings. The van der Waals surface area contributed by atoms with E-state index in [1.54, 1.807) is 24.0 Å². The third kappa shape index (κ3) is 5.36. The molecule has 31 heavy (non-hydrogen) atoms. The summed E-state index contributed by atoms with van der Waals surface area (Å²) >= 11 is 1.60. The van der Waals surface area contributed by atoms with Crippen molar-refractivity contribution in [2.45, 2.75) is 35.1 Å². The number of pyridine rings is 1. The number of carbonyl (C=O) groups is 1. The van der Waals surface area contributed by atoms with E-state index in [4.69, 9.17) is 4.42 Å². The fourth-order valence-electron chi connectivity index (χ4n) is 3.33. The van der Waals surface area contributed by atoms with Gasteiger partial charge in [0.15, 0.2) is 5.76 Å². The van der Waals surface area contributed by atoms with Crippen LogP contribution in [0, 0.1) is 0 Å². The molecule has 1 aromatic carbocycles. The molecule has 0 bridgehead atoms. The Morgan fingerprint density at radius 3 is 2.68 bits per heavy atom. The molecule has 1 N–H and O–H groups in total. The highest BCUT2D eigenvalue weighted by molar-refractivity contribution is 7.98. The second kappa shape index (κ2) is 9.67. The summed E-state index contributed by atoms with van der Waals surface area (Å²) in [7, 11) is -3.71. The lowest BCUT2D eigenvalue weighted by molar-refractivity contribution is 0.0991. The first kappa shape index (κ1) is 21.6. The van der Waals surface area contributed by atoms with Gasteiger partial charge in [-0.05, 0) is 54.8 Å². The third-order valence-corrected chi connectivity index (χ3v) is 7.71. The number of anilines is 1. The number of piperidine rings is 1. The number of furan rings is 1. The van der Waals surface area contributed by atoms with E-state index in [2.05, 4.69) is 10.3 Å². The Hall–Kier alpha value is -2.62. The molecule has 1 fully saturated rings. The SMILES string of the molecule is O=C(Nc1cccc(CSc2ccccn2)c1)c1ccc(S(=O)(=O)N2CCCCC2)o1. The molecule has 0 atom stereocenters. The van der Waals surface area contributed by atoms with Gasteiger partial charge < -0.3 is 9.73 Å². The molecule has 2 aromatic heterocycles. The van der Waals surface area contributed by atoms with Gasteiger partial charge in [0.1, 0.15) is 0 Å². The largest absolute Gasteiger partial charge is 0.438 e. The van der Waals surface area contributed by atoms with E-state index in [1.165, 1.54) is 16.4 Å². The number of aromatic nitrogens is 1. The second-order valence-electron chi connectivity index (χ2n) is 7.19. The zero-order valence-electron chi connectivity index (χ0n) is 16.9. The average molecular weight is 458 g/mol. The van der Waals surface area contributed by atoms with Crippen LogP contribution in [0.3, 0.4) is 0 Å². The molecular formula is C22H23N3O4S2. The molecule has 3 heterocycles. The van der Waals surface area contributed by atoms with Crippen LogP contribution in [-0.4, -0.2) is 36.7 Å². The maximum atomic E-state index is 12.7. The van der Waals surface area contributed by atoms with Crippen molar-refractivity contribution in [3.8, 4) is 0 Å². The number of benzene rings is 1. The summed E-state index contributed by atoms with van der Waals surface area (Å²) < 4.78 is 32.2. The lowest BCUT2D eigenvalue weighted by Crippen LogP contribution is -2.35. The van der Waals surface area contributed by atoms with Gasteiger partial charge in [0, 0.05) is 30.7 Å². The lowest BCUT2D eigenvalue weighted by Gasteiger charge is -2.24. The molecule has 0 saturated carbocycles. The molecule has 4 rings (SSSR count). The summed E-state index contributed by atoms with van der Waals surface area (Å²) in [5.74, 6) is 0.179. The Bertz CT molecular complexity index is 1140. The van der Waals surface area contributed by atoms with Gasteiger partial charge in [-0.1, -0.05) is 24.6 Å². The van der Waals surface area contributed by atoms with Crippen LogP contribution < -0.4 is 5.32 Å². The van der Waals surface area contributed by atoms with Gasteiger partial charge in [-0.2, -0.15) is 4.31 Å². The number of nitrogens with one attached hydrogen (secondary N) is 1. The predicted octanol–water partition coefficient (Wildman–Crippen LogP) is 4.39. The Balaban J connectivity index is 1.41. The molecule has 0 spiro atoms. The van der Waals surface area contributed by atoms with Crippen LogP contribution in [0.15, 0.2) is 75.3 Å². The van der Waals surface area contributed by atoms with E-state index in [1.807, 2.05) is 36.4 Å². The van der Waals surface area contributed by atoms with Crippen molar-refractivity contribution in [3.63, 3.8) is 0 Å². The molecule has 162 valence electrons. The van der Waals surface area contributed by atoms with Crippen molar-refractivity contribution in [3.05, 3.63) is 72.1 Å². The summed E-state index contributed by atoms with van der Waals surface area (Å²) in [5.41, 5.74) is 1.64. The van der Waals surface area contributed by atoms with Crippen LogP contribution in [0.25, 0.3) is 0 Å². The average Bonchev–Trinajstić information content (AvgIpc) is 3.31. The first-order valence-electron chi connectivity index (χ1n) is 10.1. The van der Waals surface area contributed by atoms with Crippen LogP contribution in [-0.2, 0) is 15.8 Å². The third-order valence-electron chi connectivity index (χ3n) is 4.92. The minimum Gasteiger partial charge on any atom is -0.438 e. The molecule has 1 saturated heterocycles. The standard InChI is InChI=1S/C22H23N3O4S2/c26-22(19-10-11-21(29-19)31(27,28)25-13-4-1-5-14-25)24-18-8-6-7-17(15-18)16-30-20-9-2-3-12-23-20/h2-3,6-12,15H,1,4-5,13-14,16H2,(H,24,26). The van der Waals surface area contributed by atoms with Gasteiger partial charge in [0.25, 0.3) is 15.9 Å². The van der Waals surface area contributed by atoms with Gasteiger partial charge in [-0.15, -0.1) is 11.8 Å². The normalized spacial score (nSPS) is 15.0. The van der Waals surface area contributed by atoms with Crippen LogP contribution in [0.4, 0.5) is 5.69 Å². The highest BCUT2D eigenvalue weighted by Gasteiger charge is 2.29. The maximum absolute atomic E-state index is 12.7. The first-order chi connectivity index (χ1) is 15.0. The Morgan fingerprint density at radius 2 is 1.90 bits per heavy atom. The van der Waals surface area contributed by atoms with Gasteiger partial charge >= 0.3 is 0 Å². The molecule has 3 aromatic rings. The molecule has 1 amide bonds. The van der Waals surface area contributed by atoms with Crippen molar-refractivity contribution in [1.82, 2.24) is 9.29 Å². The lowest BCUT2D eigenvalue weighted by atomic mass is 10.2. The number of hydrogen-bond acceptors (Lipinski definition) is 6. The number of amides is 1. The van der Waals surface area contributed by atoms with Crippen molar-refractivity contribution in [2.75, 3.05) is 18.4 Å². The summed E-state index contributed by atoms with van der Waals surface area (Å²) in [4.78, 5) is 16.9.